The van der Waals surface area contributed by atoms with Gasteiger partial charge in [-0.1, -0.05) is 0 Å². The molecule has 88 valence electrons. The number of ether oxygens (including phenoxy) is 1. The van der Waals surface area contributed by atoms with E-state index in [1.807, 2.05) is 0 Å². The van der Waals surface area contributed by atoms with Gasteiger partial charge in [0.05, 0.1) is 18.3 Å². The second kappa shape index (κ2) is 4.52. The molecule has 16 heavy (non-hydrogen) atoms. The molecule has 1 saturated carbocycles. The number of aromatic amines is 1. The number of anilines is 1. The van der Waals surface area contributed by atoms with Crippen molar-refractivity contribution in [1.29, 1.82) is 0 Å². The first kappa shape index (κ1) is 10.9. The Hall–Kier alpha value is -1.56. The predicted molar refractivity (Wildman–Crippen MR) is 58.9 cm³/mol. The lowest BCUT2D eigenvalue weighted by atomic mass is 10.2. The molecule has 0 aromatic carbocycles. The van der Waals surface area contributed by atoms with Crippen molar-refractivity contribution in [2.24, 2.45) is 0 Å². The Kier molecular flexibility index (Phi) is 3.09. The predicted octanol–water partition coefficient (Wildman–Crippen LogP) is 0.289. The highest BCUT2D eigenvalue weighted by atomic mass is 16.5. The molecule has 1 fully saturated rings. The quantitative estimate of drug-likeness (QED) is 0.688. The van der Waals surface area contributed by atoms with Gasteiger partial charge in [0, 0.05) is 7.11 Å². The molecule has 0 spiro atoms. The summed E-state index contributed by atoms with van der Waals surface area (Å²) in [6.07, 6.45) is 4.55. The number of H-pyrrole nitrogens is 1. The van der Waals surface area contributed by atoms with Crippen molar-refractivity contribution in [3.8, 4) is 0 Å². The largest absolute Gasteiger partial charge is 0.383 e. The summed E-state index contributed by atoms with van der Waals surface area (Å²) in [6.45, 7) is 0. The van der Waals surface area contributed by atoms with Crippen LogP contribution in [-0.4, -0.2) is 35.4 Å². The summed E-state index contributed by atoms with van der Waals surface area (Å²) in [5, 5.41) is 9.17. The van der Waals surface area contributed by atoms with E-state index in [-0.39, 0.29) is 18.1 Å². The van der Waals surface area contributed by atoms with Gasteiger partial charge in [-0.25, -0.2) is 0 Å². The van der Waals surface area contributed by atoms with E-state index >= 15 is 0 Å². The van der Waals surface area contributed by atoms with Crippen LogP contribution in [-0.2, 0) is 4.74 Å². The first-order chi connectivity index (χ1) is 7.72. The first-order valence-corrected chi connectivity index (χ1v) is 5.35. The number of rotatable bonds is 3. The number of carbonyl (C=O) groups is 1. The number of amides is 1. The monoisotopic (exact) mass is 224 g/mol. The van der Waals surface area contributed by atoms with Crippen molar-refractivity contribution in [1.82, 2.24) is 15.5 Å². The number of methoxy groups -OCH3 is 1. The molecule has 1 aromatic rings. The van der Waals surface area contributed by atoms with Crippen molar-refractivity contribution >= 4 is 11.7 Å². The number of nitrogens with one attached hydrogen (secondary N) is 2. The van der Waals surface area contributed by atoms with Crippen molar-refractivity contribution in [2.75, 3.05) is 12.8 Å². The number of aromatic nitrogens is 2. The second-order valence-electron chi connectivity index (χ2n) is 3.98. The van der Waals surface area contributed by atoms with Gasteiger partial charge in [-0.2, -0.15) is 5.10 Å². The fourth-order valence-corrected chi connectivity index (χ4v) is 2.10. The lowest BCUT2D eigenvalue weighted by Gasteiger charge is -2.19. The van der Waals surface area contributed by atoms with Crippen molar-refractivity contribution in [3.63, 3.8) is 0 Å². The lowest BCUT2D eigenvalue weighted by molar-refractivity contribution is 0.0723. The van der Waals surface area contributed by atoms with Crippen LogP contribution in [0.25, 0.3) is 0 Å². The Morgan fingerprint density at radius 3 is 3.12 bits per heavy atom. The summed E-state index contributed by atoms with van der Waals surface area (Å²) in [7, 11) is 1.67. The van der Waals surface area contributed by atoms with E-state index in [1.165, 1.54) is 6.20 Å². The molecule has 4 N–H and O–H groups in total. The normalized spacial score (nSPS) is 24.6. The van der Waals surface area contributed by atoms with Gasteiger partial charge in [0.2, 0.25) is 0 Å². The van der Waals surface area contributed by atoms with Gasteiger partial charge in [-0.05, 0) is 19.3 Å². The molecular formula is C10H16N4O2. The topological polar surface area (TPSA) is 93.0 Å². The van der Waals surface area contributed by atoms with Crippen molar-refractivity contribution in [2.45, 2.75) is 31.4 Å². The zero-order chi connectivity index (χ0) is 11.5. The zero-order valence-electron chi connectivity index (χ0n) is 9.19. The Labute approximate surface area is 93.5 Å². The van der Waals surface area contributed by atoms with Crippen LogP contribution in [0.5, 0.6) is 0 Å². The summed E-state index contributed by atoms with van der Waals surface area (Å²) in [4.78, 5) is 11.8. The maximum absolute atomic E-state index is 11.8. The van der Waals surface area contributed by atoms with E-state index in [0.29, 0.717) is 11.4 Å². The highest BCUT2D eigenvalue weighted by Crippen LogP contribution is 2.22. The molecule has 0 saturated heterocycles. The van der Waals surface area contributed by atoms with E-state index in [9.17, 15) is 4.79 Å². The molecule has 1 aliphatic rings. The van der Waals surface area contributed by atoms with Crippen LogP contribution in [0.1, 0.15) is 29.6 Å². The lowest BCUT2D eigenvalue weighted by Crippen LogP contribution is -2.40. The molecule has 0 radical (unpaired) electrons. The summed E-state index contributed by atoms with van der Waals surface area (Å²) < 4.78 is 5.30. The Balaban J connectivity index is 2.00. The minimum absolute atomic E-state index is 0.0757. The van der Waals surface area contributed by atoms with Gasteiger partial charge < -0.3 is 15.8 Å². The van der Waals surface area contributed by atoms with Gasteiger partial charge in [-0.15, -0.1) is 0 Å². The van der Waals surface area contributed by atoms with E-state index in [1.54, 1.807) is 7.11 Å². The van der Waals surface area contributed by atoms with Gasteiger partial charge in [-0.3, -0.25) is 9.89 Å². The van der Waals surface area contributed by atoms with Gasteiger partial charge in [0.1, 0.15) is 11.4 Å². The summed E-state index contributed by atoms with van der Waals surface area (Å²) in [5.74, 6) is 0.102. The smallest absolute Gasteiger partial charge is 0.256 e. The number of nitrogens with two attached hydrogens (primary N) is 1. The maximum atomic E-state index is 11.8. The third-order valence-corrected chi connectivity index (χ3v) is 2.99. The van der Waals surface area contributed by atoms with Crippen molar-refractivity contribution < 1.29 is 9.53 Å². The Morgan fingerprint density at radius 2 is 2.50 bits per heavy atom. The first-order valence-electron chi connectivity index (χ1n) is 5.35. The van der Waals surface area contributed by atoms with Gasteiger partial charge in [0.25, 0.3) is 5.91 Å². The van der Waals surface area contributed by atoms with Crippen LogP contribution >= 0.6 is 0 Å². The molecular weight excluding hydrogens is 208 g/mol. The van der Waals surface area contributed by atoms with Crippen LogP contribution in [0.2, 0.25) is 0 Å². The molecule has 6 heteroatoms. The Bertz CT molecular complexity index is 377. The highest BCUT2D eigenvalue weighted by Gasteiger charge is 2.29. The van der Waals surface area contributed by atoms with Gasteiger partial charge >= 0.3 is 0 Å². The van der Waals surface area contributed by atoms with E-state index in [4.69, 9.17) is 10.5 Å². The van der Waals surface area contributed by atoms with E-state index in [0.717, 1.165) is 19.3 Å². The molecule has 0 bridgehead atoms. The molecule has 1 aliphatic carbocycles. The third-order valence-electron chi connectivity index (χ3n) is 2.99. The zero-order valence-corrected chi connectivity index (χ0v) is 9.19. The number of hydrogen-bond acceptors (Lipinski definition) is 4. The number of nitrogen functional groups attached to an aromatic ring is 1. The second-order valence-corrected chi connectivity index (χ2v) is 3.98. The average molecular weight is 224 g/mol. The number of carbonyl (C=O) groups excluding carboxylic acids is 1. The number of nitrogens with zero attached hydrogens (tertiary/aromatic N) is 1. The minimum atomic E-state index is -0.194. The summed E-state index contributed by atoms with van der Waals surface area (Å²) in [5.41, 5.74) is 5.96. The maximum Gasteiger partial charge on any atom is 0.256 e. The van der Waals surface area contributed by atoms with E-state index in [2.05, 4.69) is 15.5 Å². The van der Waals surface area contributed by atoms with Crippen LogP contribution in [0.3, 0.4) is 0 Å². The fraction of sp³-hybridized carbons (Fsp3) is 0.600. The molecule has 2 unspecified atom stereocenters. The summed E-state index contributed by atoms with van der Waals surface area (Å²) in [6, 6.07) is 0.0757. The average Bonchev–Trinajstić information content (AvgIpc) is 2.86. The van der Waals surface area contributed by atoms with Crippen LogP contribution in [0, 0.1) is 0 Å². The summed E-state index contributed by atoms with van der Waals surface area (Å²) >= 11 is 0. The molecule has 2 atom stereocenters. The Morgan fingerprint density at radius 1 is 1.69 bits per heavy atom. The SMILES string of the molecule is COC1CCCC1NC(=O)c1cn[nH]c1N. The highest BCUT2D eigenvalue weighted by molar-refractivity contribution is 5.98. The molecule has 1 aromatic heterocycles. The van der Waals surface area contributed by atoms with Crippen molar-refractivity contribution in [3.05, 3.63) is 11.8 Å². The van der Waals surface area contributed by atoms with Crippen LogP contribution in [0.4, 0.5) is 5.82 Å². The molecule has 1 heterocycles. The fourth-order valence-electron chi connectivity index (χ4n) is 2.10. The molecule has 1 amide bonds. The standard InChI is InChI=1S/C10H16N4O2/c1-16-8-4-2-3-7(8)13-10(15)6-5-12-14-9(6)11/h5,7-8H,2-4H2,1H3,(H,13,15)(H3,11,12,14). The van der Waals surface area contributed by atoms with Crippen LogP contribution < -0.4 is 11.1 Å². The third kappa shape index (κ3) is 2.01. The van der Waals surface area contributed by atoms with E-state index < -0.39 is 0 Å². The molecule has 2 rings (SSSR count). The van der Waals surface area contributed by atoms with Gasteiger partial charge in [0.15, 0.2) is 0 Å². The molecule has 6 nitrogen and oxygen atoms in total. The number of hydrogen-bond donors (Lipinski definition) is 3. The molecule has 0 aliphatic heterocycles. The van der Waals surface area contributed by atoms with Crippen LogP contribution in [0.15, 0.2) is 6.20 Å². The minimum Gasteiger partial charge on any atom is -0.383 e.